The largest absolute Gasteiger partial charge is 0.384 e. The zero-order valence-electron chi connectivity index (χ0n) is 6.39. The van der Waals surface area contributed by atoms with E-state index in [4.69, 9.17) is 4.74 Å². The van der Waals surface area contributed by atoms with E-state index in [-0.39, 0.29) is 0 Å². The van der Waals surface area contributed by atoms with Crippen molar-refractivity contribution >= 4 is 0 Å². The number of ether oxygens (including phenoxy) is 1. The van der Waals surface area contributed by atoms with Crippen LogP contribution in [0.3, 0.4) is 0 Å². The molecule has 1 aliphatic rings. The Hall–Kier alpha value is -0.120. The summed E-state index contributed by atoms with van der Waals surface area (Å²) in [6.45, 7) is 4.73. The normalized spacial score (nSPS) is 22.2. The Bertz CT molecular complexity index is 102. The van der Waals surface area contributed by atoms with Crippen LogP contribution in [0, 0.1) is 0 Å². The van der Waals surface area contributed by atoms with Crippen molar-refractivity contribution in [1.82, 2.24) is 5.32 Å². The molecule has 1 rings (SSSR count). The van der Waals surface area contributed by atoms with Crippen LogP contribution in [0.15, 0.2) is 0 Å². The number of hydrogen-bond acceptors (Lipinski definition) is 3. The highest BCUT2D eigenvalue weighted by Crippen LogP contribution is 2.14. The van der Waals surface area contributed by atoms with Crippen LogP contribution in [-0.2, 0) is 4.74 Å². The molecule has 0 radical (unpaired) electrons. The molecule has 0 aromatic rings. The van der Waals surface area contributed by atoms with E-state index in [9.17, 15) is 5.11 Å². The molecular formula is C7H15NO2. The van der Waals surface area contributed by atoms with Crippen LogP contribution in [0.1, 0.15) is 13.3 Å². The molecule has 0 unspecified atom stereocenters. The van der Waals surface area contributed by atoms with E-state index in [0.717, 1.165) is 13.0 Å². The molecule has 1 fully saturated rings. The number of hydrogen-bond donors (Lipinski definition) is 2. The fourth-order valence-corrected chi connectivity index (χ4v) is 0.938. The molecule has 0 aliphatic carbocycles. The number of rotatable bonds is 4. The van der Waals surface area contributed by atoms with Crippen molar-refractivity contribution in [3.8, 4) is 0 Å². The minimum Gasteiger partial charge on any atom is -0.384 e. The molecule has 0 saturated carbocycles. The fourth-order valence-electron chi connectivity index (χ4n) is 0.938. The second kappa shape index (κ2) is 3.32. The second-order valence-corrected chi connectivity index (χ2v) is 2.89. The first-order chi connectivity index (χ1) is 4.77. The molecule has 0 aromatic heterocycles. The van der Waals surface area contributed by atoms with Gasteiger partial charge in [-0.1, -0.05) is 6.92 Å². The van der Waals surface area contributed by atoms with Crippen LogP contribution in [0.5, 0.6) is 0 Å². The van der Waals surface area contributed by atoms with Gasteiger partial charge in [0.2, 0.25) is 0 Å². The van der Waals surface area contributed by atoms with E-state index in [2.05, 4.69) is 12.2 Å². The molecule has 3 heteroatoms. The smallest absolute Gasteiger partial charge is 0.123 e. The van der Waals surface area contributed by atoms with Crippen molar-refractivity contribution in [2.24, 2.45) is 0 Å². The number of aliphatic hydroxyl groups is 1. The topological polar surface area (TPSA) is 41.5 Å². The summed E-state index contributed by atoms with van der Waals surface area (Å²) in [5, 5.41) is 12.6. The molecule has 1 saturated heterocycles. The van der Waals surface area contributed by atoms with Crippen LogP contribution in [0.25, 0.3) is 0 Å². The molecular weight excluding hydrogens is 130 g/mol. The Morgan fingerprint density at radius 1 is 1.60 bits per heavy atom. The van der Waals surface area contributed by atoms with Gasteiger partial charge in [0, 0.05) is 6.54 Å². The average molecular weight is 145 g/mol. The summed E-state index contributed by atoms with van der Waals surface area (Å²) in [7, 11) is 0. The molecule has 1 heterocycles. The lowest BCUT2D eigenvalue weighted by atomic mass is 10.0. The third-order valence-electron chi connectivity index (χ3n) is 1.62. The number of nitrogens with one attached hydrogen (secondary N) is 1. The summed E-state index contributed by atoms with van der Waals surface area (Å²) in [5.74, 6) is 0. The minimum absolute atomic E-state index is 0.490. The van der Waals surface area contributed by atoms with Crippen molar-refractivity contribution in [2.75, 3.05) is 26.3 Å². The SMILES string of the molecule is CCCNCC1(O)COC1. The zero-order valence-corrected chi connectivity index (χ0v) is 6.39. The first kappa shape index (κ1) is 7.98. The molecule has 0 bridgehead atoms. The summed E-state index contributed by atoms with van der Waals surface area (Å²) < 4.78 is 4.88. The van der Waals surface area contributed by atoms with Crippen molar-refractivity contribution in [1.29, 1.82) is 0 Å². The lowest BCUT2D eigenvalue weighted by molar-refractivity contribution is -0.174. The molecule has 10 heavy (non-hydrogen) atoms. The summed E-state index contributed by atoms with van der Waals surface area (Å²) in [6, 6.07) is 0. The van der Waals surface area contributed by atoms with Crippen LogP contribution in [-0.4, -0.2) is 37.0 Å². The monoisotopic (exact) mass is 145 g/mol. The Kier molecular flexibility index (Phi) is 2.65. The average Bonchev–Trinajstić information content (AvgIpc) is 1.85. The quantitative estimate of drug-likeness (QED) is 0.536. The zero-order chi connectivity index (χ0) is 7.45. The Morgan fingerprint density at radius 3 is 2.70 bits per heavy atom. The van der Waals surface area contributed by atoms with Crippen LogP contribution in [0.4, 0.5) is 0 Å². The first-order valence-corrected chi connectivity index (χ1v) is 3.78. The van der Waals surface area contributed by atoms with Gasteiger partial charge in [0.05, 0.1) is 13.2 Å². The van der Waals surface area contributed by atoms with Gasteiger partial charge in [-0.3, -0.25) is 0 Å². The first-order valence-electron chi connectivity index (χ1n) is 3.78. The minimum atomic E-state index is -0.560. The van der Waals surface area contributed by atoms with Crippen molar-refractivity contribution in [2.45, 2.75) is 18.9 Å². The van der Waals surface area contributed by atoms with E-state index >= 15 is 0 Å². The van der Waals surface area contributed by atoms with Gasteiger partial charge in [0.15, 0.2) is 0 Å². The highest BCUT2D eigenvalue weighted by Gasteiger charge is 2.35. The lowest BCUT2D eigenvalue weighted by Gasteiger charge is -2.36. The third kappa shape index (κ3) is 1.94. The van der Waals surface area contributed by atoms with Gasteiger partial charge >= 0.3 is 0 Å². The van der Waals surface area contributed by atoms with Crippen LogP contribution >= 0.6 is 0 Å². The van der Waals surface area contributed by atoms with E-state index in [1.54, 1.807) is 0 Å². The van der Waals surface area contributed by atoms with E-state index < -0.39 is 5.60 Å². The predicted molar refractivity (Wildman–Crippen MR) is 38.9 cm³/mol. The van der Waals surface area contributed by atoms with Gasteiger partial charge in [-0.15, -0.1) is 0 Å². The van der Waals surface area contributed by atoms with E-state index in [1.165, 1.54) is 0 Å². The van der Waals surface area contributed by atoms with Crippen molar-refractivity contribution in [3.05, 3.63) is 0 Å². The van der Waals surface area contributed by atoms with Crippen LogP contribution < -0.4 is 5.32 Å². The Morgan fingerprint density at radius 2 is 2.30 bits per heavy atom. The molecule has 0 amide bonds. The van der Waals surface area contributed by atoms with Gasteiger partial charge in [0.1, 0.15) is 5.60 Å². The molecule has 2 N–H and O–H groups in total. The highest BCUT2D eigenvalue weighted by molar-refractivity contribution is 4.86. The summed E-state index contributed by atoms with van der Waals surface area (Å²) in [6.07, 6.45) is 1.11. The van der Waals surface area contributed by atoms with Gasteiger partial charge in [0.25, 0.3) is 0 Å². The van der Waals surface area contributed by atoms with Crippen LogP contribution in [0.2, 0.25) is 0 Å². The van der Waals surface area contributed by atoms with Gasteiger partial charge < -0.3 is 15.2 Å². The van der Waals surface area contributed by atoms with Gasteiger partial charge in [-0.25, -0.2) is 0 Å². The molecule has 1 aliphatic heterocycles. The molecule has 3 nitrogen and oxygen atoms in total. The van der Waals surface area contributed by atoms with E-state index in [0.29, 0.717) is 19.8 Å². The summed E-state index contributed by atoms with van der Waals surface area (Å²) >= 11 is 0. The van der Waals surface area contributed by atoms with Gasteiger partial charge in [-0.05, 0) is 13.0 Å². The maximum Gasteiger partial charge on any atom is 0.123 e. The maximum atomic E-state index is 9.45. The lowest BCUT2D eigenvalue weighted by Crippen LogP contribution is -2.56. The summed E-state index contributed by atoms with van der Waals surface area (Å²) in [5.41, 5.74) is -0.560. The van der Waals surface area contributed by atoms with E-state index in [1.807, 2.05) is 0 Å². The highest BCUT2D eigenvalue weighted by atomic mass is 16.5. The van der Waals surface area contributed by atoms with Crippen molar-refractivity contribution in [3.63, 3.8) is 0 Å². The molecule has 60 valence electrons. The molecule has 0 spiro atoms. The van der Waals surface area contributed by atoms with Crippen molar-refractivity contribution < 1.29 is 9.84 Å². The van der Waals surface area contributed by atoms with Gasteiger partial charge in [-0.2, -0.15) is 0 Å². The molecule has 0 atom stereocenters. The summed E-state index contributed by atoms with van der Waals surface area (Å²) in [4.78, 5) is 0. The Balaban J connectivity index is 2.01. The Labute approximate surface area is 61.4 Å². The predicted octanol–water partition coefficient (Wildman–Crippen LogP) is -0.253. The third-order valence-corrected chi connectivity index (χ3v) is 1.62. The second-order valence-electron chi connectivity index (χ2n) is 2.89. The fraction of sp³-hybridized carbons (Fsp3) is 1.00. The molecule has 0 aromatic carbocycles. The standard InChI is InChI=1S/C7H15NO2/c1-2-3-8-4-7(9)5-10-6-7/h8-9H,2-6H2,1H3. The maximum absolute atomic E-state index is 9.45.